The summed E-state index contributed by atoms with van der Waals surface area (Å²) < 4.78 is 1.79. The summed E-state index contributed by atoms with van der Waals surface area (Å²) in [6, 6.07) is 17.2. The van der Waals surface area contributed by atoms with Crippen molar-refractivity contribution in [3.05, 3.63) is 89.2 Å². The summed E-state index contributed by atoms with van der Waals surface area (Å²) >= 11 is 1.43. The minimum Gasteiger partial charge on any atom is -0.345 e. The third kappa shape index (κ3) is 5.01. The molecule has 0 aliphatic carbocycles. The monoisotopic (exact) mass is 459 g/mol. The highest BCUT2D eigenvalue weighted by Gasteiger charge is 2.19. The SMILES string of the molecule is CCN(Cc1ccc(C(=O)N(C)C)cc1)C(=O)c1csc(-c2cnn(-c3ccccc3)c2)n1. The van der Waals surface area contributed by atoms with Crippen LogP contribution < -0.4 is 0 Å². The molecular formula is C25H25N5O2S. The number of hydrogen-bond acceptors (Lipinski definition) is 5. The normalized spacial score (nSPS) is 10.8. The Morgan fingerprint density at radius 1 is 1.00 bits per heavy atom. The Morgan fingerprint density at radius 2 is 1.73 bits per heavy atom. The second-order valence-electron chi connectivity index (χ2n) is 7.76. The van der Waals surface area contributed by atoms with Crippen LogP contribution in [-0.4, -0.2) is 57.0 Å². The van der Waals surface area contributed by atoms with E-state index in [1.165, 1.54) is 11.3 Å². The second kappa shape index (κ2) is 9.79. The summed E-state index contributed by atoms with van der Waals surface area (Å²) in [5.41, 5.74) is 3.83. The fourth-order valence-electron chi connectivity index (χ4n) is 3.38. The van der Waals surface area contributed by atoms with E-state index in [1.54, 1.807) is 52.3 Å². The van der Waals surface area contributed by atoms with E-state index in [4.69, 9.17) is 0 Å². The van der Waals surface area contributed by atoms with Crippen molar-refractivity contribution in [1.82, 2.24) is 24.6 Å². The van der Waals surface area contributed by atoms with Gasteiger partial charge in [-0.3, -0.25) is 9.59 Å². The molecule has 8 heteroatoms. The van der Waals surface area contributed by atoms with Crippen LogP contribution in [0, 0.1) is 0 Å². The summed E-state index contributed by atoms with van der Waals surface area (Å²) in [6.45, 7) is 2.94. The maximum atomic E-state index is 13.1. The van der Waals surface area contributed by atoms with Crippen molar-refractivity contribution < 1.29 is 9.59 Å². The van der Waals surface area contributed by atoms with Crippen molar-refractivity contribution in [3.8, 4) is 16.3 Å². The molecule has 2 aromatic heterocycles. The lowest BCUT2D eigenvalue weighted by atomic mass is 10.1. The molecule has 2 amide bonds. The van der Waals surface area contributed by atoms with Crippen LogP contribution >= 0.6 is 11.3 Å². The van der Waals surface area contributed by atoms with Gasteiger partial charge in [0.05, 0.1) is 11.9 Å². The fraction of sp³-hybridized carbons (Fsp3) is 0.200. The van der Waals surface area contributed by atoms with Gasteiger partial charge in [0.2, 0.25) is 0 Å². The number of benzene rings is 2. The molecule has 0 saturated carbocycles. The van der Waals surface area contributed by atoms with Gasteiger partial charge in [0.25, 0.3) is 11.8 Å². The lowest BCUT2D eigenvalue weighted by Gasteiger charge is -2.20. The van der Waals surface area contributed by atoms with Crippen molar-refractivity contribution in [3.63, 3.8) is 0 Å². The maximum Gasteiger partial charge on any atom is 0.273 e. The zero-order valence-electron chi connectivity index (χ0n) is 18.8. The lowest BCUT2D eigenvalue weighted by Crippen LogP contribution is -2.30. The summed E-state index contributed by atoms with van der Waals surface area (Å²) in [4.78, 5) is 33.0. The Balaban J connectivity index is 1.47. The third-order valence-electron chi connectivity index (χ3n) is 5.22. The molecule has 0 N–H and O–H groups in total. The highest BCUT2D eigenvalue weighted by molar-refractivity contribution is 7.13. The van der Waals surface area contributed by atoms with Crippen molar-refractivity contribution >= 4 is 23.2 Å². The van der Waals surface area contributed by atoms with Gasteiger partial charge in [0.1, 0.15) is 10.7 Å². The summed E-state index contributed by atoms with van der Waals surface area (Å²) in [5, 5.41) is 6.96. The molecule has 0 atom stereocenters. The number of amides is 2. The van der Waals surface area contributed by atoms with Gasteiger partial charge in [-0.1, -0.05) is 30.3 Å². The molecule has 4 rings (SSSR count). The van der Waals surface area contributed by atoms with Crippen LogP contribution in [-0.2, 0) is 6.54 Å². The summed E-state index contributed by atoms with van der Waals surface area (Å²) in [6.07, 6.45) is 3.67. The first-order valence-electron chi connectivity index (χ1n) is 10.6. The van der Waals surface area contributed by atoms with Gasteiger partial charge in [-0.2, -0.15) is 5.10 Å². The first-order chi connectivity index (χ1) is 16.0. The van der Waals surface area contributed by atoms with E-state index in [0.29, 0.717) is 24.3 Å². The maximum absolute atomic E-state index is 13.1. The van der Waals surface area contributed by atoms with Crippen LogP contribution in [0.2, 0.25) is 0 Å². The minimum atomic E-state index is -0.121. The Hall–Kier alpha value is -3.78. The number of rotatable bonds is 7. The highest BCUT2D eigenvalue weighted by atomic mass is 32.1. The predicted octanol–water partition coefficient (Wildman–Crippen LogP) is 4.36. The molecule has 2 aromatic carbocycles. The molecule has 0 bridgehead atoms. The van der Waals surface area contributed by atoms with E-state index in [2.05, 4.69) is 10.1 Å². The molecule has 0 saturated heterocycles. The zero-order valence-corrected chi connectivity index (χ0v) is 19.6. The largest absolute Gasteiger partial charge is 0.345 e. The number of carbonyl (C=O) groups excluding carboxylic acids is 2. The molecule has 0 aliphatic rings. The highest BCUT2D eigenvalue weighted by Crippen LogP contribution is 2.25. The molecule has 0 spiro atoms. The molecule has 168 valence electrons. The Labute approximate surface area is 196 Å². The number of nitrogens with zero attached hydrogens (tertiary/aromatic N) is 5. The summed E-state index contributed by atoms with van der Waals surface area (Å²) in [5.74, 6) is -0.167. The van der Waals surface area contributed by atoms with Crippen molar-refractivity contribution in [2.75, 3.05) is 20.6 Å². The molecule has 0 unspecified atom stereocenters. The van der Waals surface area contributed by atoms with E-state index < -0.39 is 0 Å². The van der Waals surface area contributed by atoms with Gasteiger partial charge >= 0.3 is 0 Å². The molecule has 4 aromatic rings. The molecule has 0 fully saturated rings. The van der Waals surface area contributed by atoms with Gasteiger partial charge in [-0.25, -0.2) is 9.67 Å². The standard InChI is InChI=1S/C25H25N5O2S/c1-4-29(15-18-10-12-19(13-11-18)24(31)28(2)3)25(32)22-17-33-23(27-22)20-14-26-30(16-20)21-8-6-5-7-9-21/h5-14,16-17H,4,15H2,1-3H3. The fourth-order valence-corrected chi connectivity index (χ4v) is 4.15. The quantitative estimate of drug-likeness (QED) is 0.412. The second-order valence-corrected chi connectivity index (χ2v) is 8.62. The van der Waals surface area contributed by atoms with E-state index >= 15 is 0 Å². The predicted molar refractivity (Wildman–Crippen MR) is 130 cm³/mol. The van der Waals surface area contributed by atoms with E-state index in [1.807, 2.05) is 55.6 Å². The van der Waals surface area contributed by atoms with Crippen molar-refractivity contribution in [2.24, 2.45) is 0 Å². The van der Waals surface area contributed by atoms with Crippen LogP contribution in [0.4, 0.5) is 0 Å². The van der Waals surface area contributed by atoms with Gasteiger partial charge < -0.3 is 9.80 Å². The first-order valence-corrected chi connectivity index (χ1v) is 11.5. The average Bonchev–Trinajstić information content (AvgIpc) is 3.52. The molecule has 33 heavy (non-hydrogen) atoms. The molecule has 0 radical (unpaired) electrons. The Kier molecular flexibility index (Phi) is 6.65. The average molecular weight is 460 g/mol. The van der Waals surface area contributed by atoms with Gasteiger partial charge in [-0.15, -0.1) is 11.3 Å². The molecule has 2 heterocycles. The molecule has 7 nitrogen and oxygen atoms in total. The Bertz CT molecular complexity index is 1250. The van der Waals surface area contributed by atoms with Gasteiger partial charge in [0.15, 0.2) is 0 Å². The van der Waals surface area contributed by atoms with Crippen LogP contribution in [0.25, 0.3) is 16.3 Å². The first kappa shape index (κ1) is 22.4. The number of hydrogen-bond donors (Lipinski definition) is 0. The van der Waals surface area contributed by atoms with Crippen LogP contribution in [0.15, 0.2) is 72.4 Å². The number of thiazole rings is 1. The van der Waals surface area contributed by atoms with E-state index in [-0.39, 0.29) is 11.8 Å². The van der Waals surface area contributed by atoms with E-state index in [0.717, 1.165) is 21.8 Å². The topological polar surface area (TPSA) is 71.3 Å². The Morgan fingerprint density at radius 3 is 2.39 bits per heavy atom. The van der Waals surface area contributed by atoms with Crippen LogP contribution in [0.5, 0.6) is 0 Å². The zero-order chi connectivity index (χ0) is 23.4. The van der Waals surface area contributed by atoms with Crippen molar-refractivity contribution in [1.29, 1.82) is 0 Å². The van der Waals surface area contributed by atoms with E-state index in [9.17, 15) is 9.59 Å². The number of carbonyl (C=O) groups is 2. The summed E-state index contributed by atoms with van der Waals surface area (Å²) in [7, 11) is 3.45. The minimum absolute atomic E-state index is 0.0458. The van der Waals surface area contributed by atoms with Crippen molar-refractivity contribution in [2.45, 2.75) is 13.5 Å². The number of para-hydroxylation sites is 1. The van der Waals surface area contributed by atoms with Gasteiger partial charge in [-0.05, 0) is 36.8 Å². The molecular weight excluding hydrogens is 434 g/mol. The third-order valence-corrected chi connectivity index (χ3v) is 6.11. The van der Waals surface area contributed by atoms with Gasteiger partial charge in [0, 0.05) is 49.9 Å². The lowest BCUT2D eigenvalue weighted by molar-refractivity contribution is 0.0746. The smallest absolute Gasteiger partial charge is 0.273 e. The van der Waals surface area contributed by atoms with Crippen LogP contribution in [0.1, 0.15) is 33.3 Å². The molecule has 0 aliphatic heterocycles. The number of aromatic nitrogens is 3. The van der Waals surface area contributed by atoms with Crippen LogP contribution in [0.3, 0.4) is 0 Å².